The number of rotatable bonds is 2. The second-order valence-corrected chi connectivity index (χ2v) is 7.05. The third-order valence-electron chi connectivity index (χ3n) is 4.43. The molecule has 2 aromatic carbocycles. The summed E-state index contributed by atoms with van der Waals surface area (Å²) >= 11 is 1.41. The maximum Gasteiger partial charge on any atom is 0.299 e. The first-order valence-corrected chi connectivity index (χ1v) is 9.06. The average molecular weight is 358 g/mol. The van der Waals surface area contributed by atoms with Crippen LogP contribution in [0.3, 0.4) is 0 Å². The lowest BCUT2D eigenvalue weighted by atomic mass is 10.2. The van der Waals surface area contributed by atoms with Gasteiger partial charge in [0.25, 0.3) is 5.56 Å². The lowest BCUT2D eigenvalue weighted by Gasteiger charge is -2.06. The van der Waals surface area contributed by atoms with Gasteiger partial charge in [-0.15, -0.1) is 0 Å². The summed E-state index contributed by atoms with van der Waals surface area (Å²) in [6.45, 7) is 1.99. The van der Waals surface area contributed by atoms with E-state index < -0.39 is 0 Å². The molecule has 0 amide bonds. The molecule has 0 N–H and O–H groups in total. The van der Waals surface area contributed by atoms with Gasteiger partial charge in [0.2, 0.25) is 4.96 Å². The van der Waals surface area contributed by atoms with Gasteiger partial charge < -0.3 is 4.57 Å². The van der Waals surface area contributed by atoms with Gasteiger partial charge in [0, 0.05) is 16.6 Å². The Bertz CT molecular complexity index is 1310. The Morgan fingerprint density at radius 2 is 1.77 bits per heavy atom. The zero-order valence-electron chi connectivity index (χ0n) is 14.0. The minimum Gasteiger partial charge on any atom is -0.308 e. The van der Waals surface area contributed by atoms with Crippen LogP contribution in [0.4, 0.5) is 0 Å². The highest BCUT2D eigenvalue weighted by atomic mass is 32.1. The average Bonchev–Trinajstić information content (AvgIpc) is 3.24. The van der Waals surface area contributed by atoms with Crippen molar-refractivity contribution >= 4 is 27.2 Å². The van der Waals surface area contributed by atoms with E-state index in [1.54, 1.807) is 6.20 Å². The van der Waals surface area contributed by atoms with Crippen molar-refractivity contribution in [1.29, 1.82) is 0 Å². The number of benzene rings is 2. The molecule has 6 heteroatoms. The largest absolute Gasteiger partial charge is 0.308 e. The van der Waals surface area contributed by atoms with Crippen LogP contribution in [-0.2, 0) is 0 Å². The zero-order chi connectivity index (χ0) is 17.7. The van der Waals surface area contributed by atoms with Gasteiger partial charge in [-0.05, 0) is 19.1 Å². The van der Waals surface area contributed by atoms with Gasteiger partial charge in [0.1, 0.15) is 10.7 Å². The molecule has 5 nitrogen and oxygen atoms in total. The van der Waals surface area contributed by atoms with Crippen molar-refractivity contribution in [3.8, 4) is 16.3 Å². The Hall–Kier alpha value is -3.25. The normalized spacial score (nSPS) is 11.4. The number of aryl methyl sites for hydroxylation is 1. The van der Waals surface area contributed by atoms with Crippen molar-refractivity contribution < 1.29 is 0 Å². The first-order valence-electron chi connectivity index (χ1n) is 8.24. The Balaban J connectivity index is 1.76. The highest BCUT2D eigenvalue weighted by molar-refractivity contribution is 7.19. The van der Waals surface area contributed by atoms with Crippen LogP contribution < -0.4 is 5.56 Å². The molecule has 126 valence electrons. The van der Waals surface area contributed by atoms with E-state index in [-0.39, 0.29) is 5.56 Å². The summed E-state index contributed by atoms with van der Waals surface area (Å²) in [5.41, 5.74) is 3.29. The van der Waals surface area contributed by atoms with E-state index in [9.17, 15) is 4.79 Å². The minimum absolute atomic E-state index is 0.169. The van der Waals surface area contributed by atoms with Gasteiger partial charge in [-0.3, -0.25) is 4.79 Å². The summed E-state index contributed by atoms with van der Waals surface area (Å²) in [5.74, 6) is 0. The molecule has 3 heterocycles. The first kappa shape index (κ1) is 15.0. The second kappa shape index (κ2) is 5.64. The number of hydrogen-bond acceptors (Lipinski definition) is 4. The van der Waals surface area contributed by atoms with Gasteiger partial charge in [0.15, 0.2) is 0 Å². The predicted octanol–water partition coefficient (Wildman–Crippen LogP) is 4.07. The molecule has 0 fully saturated rings. The molecule has 0 unspecified atom stereocenters. The third-order valence-corrected chi connectivity index (χ3v) is 5.40. The van der Waals surface area contributed by atoms with E-state index >= 15 is 0 Å². The number of para-hydroxylation sites is 1. The summed E-state index contributed by atoms with van der Waals surface area (Å²) in [5, 5.41) is 6.38. The summed E-state index contributed by atoms with van der Waals surface area (Å²) < 4.78 is 3.34. The smallest absolute Gasteiger partial charge is 0.299 e. The van der Waals surface area contributed by atoms with Gasteiger partial charge in [-0.2, -0.15) is 9.61 Å². The van der Waals surface area contributed by atoms with Crippen molar-refractivity contribution in [3.63, 3.8) is 0 Å². The monoisotopic (exact) mass is 358 g/mol. The van der Waals surface area contributed by atoms with Crippen LogP contribution in [0.2, 0.25) is 0 Å². The van der Waals surface area contributed by atoms with Crippen molar-refractivity contribution in [2.24, 2.45) is 0 Å². The molecule has 0 aliphatic rings. The molecular formula is C20H14N4OS. The van der Waals surface area contributed by atoms with Gasteiger partial charge >= 0.3 is 0 Å². The fourth-order valence-corrected chi connectivity index (χ4v) is 4.11. The van der Waals surface area contributed by atoms with Crippen molar-refractivity contribution in [2.45, 2.75) is 6.92 Å². The van der Waals surface area contributed by atoms with Crippen LogP contribution >= 0.6 is 11.3 Å². The molecule has 0 aliphatic heterocycles. The van der Waals surface area contributed by atoms with Crippen LogP contribution in [0.25, 0.3) is 32.1 Å². The number of fused-ring (bicyclic) bond motifs is 2. The SMILES string of the molecule is Cc1cc2ccccc2n1-c1cnc2sc(-c3ccccc3)nn2c1=O. The van der Waals surface area contributed by atoms with E-state index in [4.69, 9.17) is 0 Å². The Kier molecular flexibility index (Phi) is 3.26. The van der Waals surface area contributed by atoms with Crippen molar-refractivity contribution in [3.05, 3.63) is 82.9 Å². The highest BCUT2D eigenvalue weighted by Gasteiger charge is 2.15. The molecule has 5 aromatic rings. The summed E-state index contributed by atoms with van der Waals surface area (Å²) in [6, 6.07) is 19.9. The molecule has 0 radical (unpaired) electrons. The van der Waals surface area contributed by atoms with Crippen LogP contribution in [-0.4, -0.2) is 19.2 Å². The molecular weight excluding hydrogens is 344 g/mol. The van der Waals surface area contributed by atoms with E-state index in [2.05, 4.69) is 16.1 Å². The van der Waals surface area contributed by atoms with E-state index in [1.807, 2.05) is 66.1 Å². The maximum absolute atomic E-state index is 13.1. The van der Waals surface area contributed by atoms with E-state index in [1.165, 1.54) is 15.9 Å². The van der Waals surface area contributed by atoms with E-state index in [0.717, 1.165) is 27.2 Å². The molecule has 0 saturated carbocycles. The van der Waals surface area contributed by atoms with Crippen molar-refractivity contribution in [2.75, 3.05) is 0 Å². The molecule has 0 saturated heterocycles. The standard InChI is InChI=1S/C20H14N4OS/c1-13-11-15-9-5-6-10-16(15)23(13)17-12-21-20-24(19(17)25)22-18(26-20)14-7-3-2-4-8-14/h2-12H,1H3. The zero-order valence-corrected chi connectivity index (χ0v) is 14.8. The lowest BCUT2D eigenvalue weighted by Crippen LogP contribution is -2.21. The third kappa shape index (κ3) is 2.19. The van der Waals surface area contributed by atoms with Gasteiger partial charge in [-0.25, -0.2) is 4.98 Å². The number of nitrogens with zero attached hydrogens (tertiary/aromatic N) is 4. The van der Waals surface area contributed by atoms with E-state index in [0.29, 0.717) is 10.6 Å². The number of aromatic nitrogens is 4. The topological polar surface area (TPSA) is 52.2 Å². The first-order chi connectivity index (χ1) is 12.7. The molecule has 26 heavy (non-hydrogen) atoms. The van der Waals surface area contributed by atoms with Crippen LogP contribution in [0.5, 0.6) is 0 Å². The fraction of sp³-hybridized carbons (Fsp3) is 0.0500. The van der Waals surface area contributed by atoms with Crippen LogP contribution in [0.1, 0.15) is 5.69 Å². The Morgan fingerprint density at radius 3 is 2.62 bits per heavy atom. The minimum atomic E-state index is -0.169. The highest BCUT2D eigenvalue weighted by Crippen LogP contribution is 2.25. The Morgan fingerprint density at radius 1 is 1.00 bits per heavy atom. The lowest BCUT2D eigenvalue weighted by molar-refractivity contribution is 0.872. The number of hydrogen-bond donors (Lipinski definition) is 0. The quantitative estimate of drug-likeness (QED) is 0.478. The van der Waals surface area contributed by atoms with Crippen molar-refractivity contribution in [1.82, 2.24) is 19.2 Å². The molecule has 0 spiro atoms. The molecule has 3 aromatic heterocycles. The summed E-state index contributed by atoms with van der Waals surface area (Å²) in [7, 11) is 0. The maximum atomic E-state index is 13.1. The summed E-state index contributed by atoms with van der Waals surface area (Å²) in [6.07, 6.45) is 1.64. The second-order valence-electron chi connectivity index (χ2n) is 6.10. The predicted molar refractivity (Wildman–Crippen MR) is 104 cm³/mol. The Labute approximate surface area is 152 Å². The molecule has 0 bridgehead atoms. The molecule has 5 rings (SSSR count). The summed E-state index contributed by atoms with van der Waals surface area (Å²) in [4.78, 5) is 18.2. The van der Waals surface area contributed by atoms with Gasteiger partial charge in [0.05, 0.1) is 11.7 Å². The molecule has 0 atom stereocenters. The fourth-order valence-electron chi connectivity index (χ4n) is 3.24. The van der Waals surface area contributed by atoms with Crippen LogP contribution in [0.15, 0.2) is 71.7 Å². The van der Waals surface area contributed by atoms with Gasteiger partial charge in [-0.1, -0.05) is 59.9 Å². The molecule has 0 aliphatic carbocycles. The van der Waals surface area contributed by atoms with Crippen LogP contribution in [0, 0.1) is 6.92 Å².